The molecule has 26 heavy (non-hydrogen) atoms. The molecule has 1 fully saturated rings. The molecule has 2 heterocycles. The van der Waals surface area contributed by atoms with Crippen LogP contribution in [0.4, 0.5) is 4.39 Å². The normalized spacial score (nSPS) is 20.2. The van der Waals surface area contributed by atoms with E-state index in [1.165, 1.54) is 12.1 Å². The van der Waals surface area contributed by atoms with Crippen molar-refractivity contribution in [1.29, 1.82) is 0 Å². The van der Waals surface area contributed by atoms with Crippen LogP contribution in [0.25, 0.3) is 6.08 Å². The molecule has 2 aromatic rings. The number of nitrogens with one attached hydrogen (secondary N) is 1. The van der Waals surface area contributed by atoms with Gasteiger partial charge in [-0.3, -0.25) is 9.78 Å². The smallest absolute Gasteiger partial charge is 0.223 e. The number of likely N-dealkylation sites (tertiary alicyclic amines) is 1. The molecule has 4 nitrogen and oxygen atoms in total. The molecule has 1 N–H and O–H groups in total. The third-order valence-electron chi connectivity index (χ3n) is 4.76. The molecular weight excluding hydrogens is 329 g/mol. The monoisotopic (exact) mass is 353 g/mol. The van der Waals surface area contributed by atoms with Gasteiger partial charge in [0.2, 0.25) is 5.91 Å². The molecule has 0 spiro atoms. The molecular formula is C21H24FN3O. The largest absolute Gasteiger partial charge is 0.336 e. The number of pyridine rings is 1. The molecule has 1 aromatic carbocycles. The first-order valence-electron chi connectivity index (χ1n) is 9.01. The molecule has 1 aromatic heterocycles. The minimum Gasteiger partial charge on any atom is -0.336 e. The molecule has 0 radical (unpaired) electrons. The third kappa shape index (κ3) is 4.35. The minimum absolute atomic E-state index is 0.0785. The van der Waals surface area contributed by atoms with E-state index in [0.29, 0.717) is 19.5 Å². The summed E-state index contributed by atoms with van der Waals surface area (Å²) in [6.45, 7) is 4.19. The van der Waals surface area contributed by atoms with Crippen molar-refractivity contribution < 1.29 is 9.18 Å². The number of rotatable bonds is 7. The van der Waals surface area contributed by atoms with E-state index >= 15 is 0 Å². The van der Waals surface area contributed by atoms with Crippen LogP contribution in [0.15, 0.2) is 54.9 Å². The van der Waals surface area contributed by atoms with Gasteiger partial charge in [0.05, 0.1) is 6.04 Å². The number of benzene rings is 1. The minimum atomic E-state index is -0.229. The van der Waals surface area contributed by atoms with E-state index in [1.807, 2.05) is 42.3 Å². The molecule has 2 atom stereocenters. The van der Waals surface area contributed by atoms with Gasteiger partial charge in [-0.2, -0.15) is 0 Å². The van der Waals surface area contributed by atoms with Crippen LogP contribution in [0, 0.1) is 11.7 Å². The van der Waals surface area contributed by atoms with Crippen molar-refractivity contribution in [3.8, 4) is 0 Å². The van der Waals surface area contributed by atoms with Crippen LogP contribution in [-0.2, 0) is 4.79 Å². The Balaban J connectivity index is 1.57. The summed E-state index contributed by atoms with van der Waals surface area (Å²) in [5.41, 5.74) is 2.06. The molecule has 1 saturated heterocycles. The first-order chi connectivity index (χ1) is 12.7. The lowest BCUT2D eigenvalue weighted by atomic mass is 9.94. The summed E-state index contributed by atoms with van der Waals surface area (Å²) in [7, 11) is 0. The number of nitrogens with zero attached hydrogens (tertiary/aromatic N) is 2. The summed E-state index contributed by atoms with van der Waals surface area (Å²) in [6, 6.07) is 10.4. The fraction of sp³-hybridized carbons (Fsp3) is 0.333. The Morgan fingerprint density at radius 1 is 1.31 bits per heavy atom. The van der Waals surface area contributed by atoms with Gasteiger partial charge in [-0.05, 0) is 36.2 Å². The molecule has 3 rings (SSSR count). The van der Waals surface area contributed by atoms with Gasteiger partial charge in [0, 0.05) is 44.4 Å². The lowest BCUT2D eigenvalue weighted by Gasteiger charge is -2.27. The van der Waals surface area contributed by atoms with Gasteiger partial charge in [0.1, 0.15) is 5.82 Å². The number of amides is 1. The number of hydrogen-bond donors (Lipinski definition) is 1. The molecule has 1 amide bonds. The van der Waals surface area contributed by atoms with Gasteiger partial charge in [-0.15, -0.1) is 0 Å². The molecule has 0 unspecified atom stereocenters. The van der Waals surface area contributed by atoms with Crippen molar-refractivity contribution in [3.05, 3.63) is 71.8 Å². The molecule has 1 aliphatic rings. The molecule has 136 valence electrons. The van der Waals surface area contributed by atoms with Crippen LogP contribution in [-0.4, -0.2) is 35.4 Å². The highest BCUT2D eigenvalue weighted by Gasteiger charge is 2.39. The van der Waals surface area contributed by atoms with Gasteiger partial charge >= 0.3 is 0 Å². The highest BCUT2D eigenvalue weighted by atomic mass is 19.1. The second-order valence-electron chi connectivity index (χ2n) is 6.49. The van der Waals surface area contributed by atoms with Crippen molar-refractivity contribution in [1.82, 2.24) is 15.2 Å². The van der Waals surface area contributed by atoms with Crippen LogP contribution >= 0.6 is 0 Å². The summed E-state index contributed by atoms with van der Waals surface area (Å²) in [5.74, 6) is 0.203. The number of halogens is 1. The van der Waals surface area contributed by atoms with Crippen molar-refractivity contribution in [2.24, 2.45) is 5.92 Å². The van der Waals surface area contributed by atoms with Crippen molar-refractivity contribution in [3.63, 3.8) is 0 Å². The maximum atomic E-state index is 12.9. The van der Waals surface area contributed by atoms with Crippen LogP contribution in [0.5, 0.6) is 0 Å². The summed E-state index contributed by atoms with van der Waals surface area (Å²) in [6.07, 6.45) is 8.14. The summed E-state index contributed by atoms with van der Waals surface area (Å²) < 4.78 is 12.9. The zero-order chi connectivity index (χ0) is 18.4. The van der Waals surface area contributed by atoms with E-state index < -0.39 is 0 Å². The quantitative estimate of drug-likeness (QED) is 0.776. The van der Waals surface area contributed by atoms with E-state index in [9.17, 15) is 9.18 Å². The Bertz CT molecular complexity index is 746. The van der Waals surface area contributed by atoms with Gasteiger partial charge in [0.15, 0.2) is 0 Å². The number of carbonyl (C=O) groups excluding carboxylic acids is 1. The van der Waals surface area contributed by atoms with Crippen LogP contribution < -0.4 is 5.32 Å². The van der Waals surface area contributed by atoms with E-state index in [2.05, 4.69) is 10.3 Å². The van der Waals surface area contributed by atoms with Crippen LogP contribution in [0.2, 0.25) is 0 Å². The maximum absolute atomic E-state index is 12.9. The highest BCUT2D eigenvalue weighted by Crippen LogP contribution is 2.37. The van der Waals surface area contributed by atoms with Crippen molar-refractivity contribution in [2.45, 2.75) is 19.4 Å². The highest BCUT2D eigenvalue weighted by molar-refractivity contribution is 5.79. The van der Waals surface area contributed by atoms with E-state index in [4.69, 9.17) is 0 Å². The van der Waals surface area contributed by atoms with Crippen molar-refractivity contribution >= 4 is 12.0 Å². The lowest BCUT2D eigenvalue weighted by molar-refractivity contribution is -0.128. The maximum Gasteiger partial charge on any atom is 0.223 e. The predicted molar refractivity (Wildman–Crippen MR) is 101 cm³/mol. The standard InChI is InChI=1S/C21H24FN3O/c1-2-25-20(26)13-18(21(25)17-6-4-12-23-14-17)15-24-11-3-5-16-7-9-19(22)10-8-16/h3-10,12,14,18,21,24H,2,11,13,15H2,1H3/b5-3+/t18-,21-/m0/s1. The Labute approximate surface area is 153 Å². The predicted octanol–water partition coefficient (Wildman–Crippen LogP) is 3.43. The summed E-state index contributed by atoms with van der Waals surface area (Å²) in [5, 5.41) is 3.41. The Morgan fingerprint density at radius 3 is 2.81 bits per heavy atom. The first kappa shape index (κ1) is 18.3. The molecule has 0 bridgehead atoms. The molecule has 5 heteroatoms. The Hall–Kier alpha value is -2.53. The fourth-order valence-electron chi connectivity index (χ4n) is 3.54. The van der Waals surface area contributed by atoms with E-state index in [1.54, 1.807) is 18.3 Å². The van der Waals surface area contributed by atoms with E-state index in [-0.39, 0.29) is 23.7 Å². The van der Waals surface area contributed by atoms with Crippen LogP contribution in [0.3, 0.4) is 0 Å². The molecule has 0 saturated carbocycles. The third-order valence-corrected chi connectivity index (χ3v) is 4.76. The number of carbonyl (C=O) groups is 1. The second kappa shape index (κ2) is 8.72. The first-order valence-corrected chi connectivity index (χ1v) is 9.01. The van der Waals surface area contributed by atoms with Crippen LogP contribution in [0.1, 0.15) is 30.5 Å². The van der Waals surface area contributed by atoms with E-state index in [0.717, 1.165) is 17.7 Å². The van der Waals surface area contributed by atoms with Gasteiger partial charge < -0.3 is 10.2 Å². The van der Waals surface area contributed by atoms with Gasteiger partial charge in [0.25, 0.3) is 0 Å². The Morgan fingerprint density at radius 2 is 2.12 bits per heavy atom. The molecule has 0 aliphatic carbocycles. The lowest BCUT2D eigenvalue weighted by Crippen LogP contribution is -2.31. The molecule has 1 aliphatic heterocycles. The average Bonchev–Trinajstić information content (AvgIpc) is 2.99. The zero-order valence-electron chi connectivity index (χ0n) is 14.9. The number of hydrogen-bond acceptors (Lipinski definition) is 3. The fourth-order valence-corrected chi connectivity index (χ4v) is 3.54. The number of aromatic nitrogens is 1. The SMILES string of the molecule is CCN1C(=O)C[C@@H](CNC/C=C/c2ccc(F)cc2)[C@@H]1c1cccnc1. The zero-order valence-corrected chi connectivity index (χ0v) is 14.9. The second-order valence-corrected chi connectivity index (χ2v) is 6.49. The summed E-state index contributed by atoms with van der Waals surface area (Å²) in [4.78, 5) is 18.5. The topological polar surface area (TPSA) is 45.2 Å². The van der Waals surface area contributed by atoms with Crippen molar-refractivity contribution in [2.75, 3.05) is 19.6 Å². The van der Waals surface area contributed by atoms with Gasteiger partial charge in [-0.1, -0.05) is 30.4 Å². The Kier molecular flexibility index (Phi) is 6.12. The van der Waals surface area contributed by atoms with Gasteiger partial charge in [-0.25, -0.2) is 4.39 Å². The average molecular weight is 353 g/mol. The summed E-state index contributed by atoms with van der Waals surface area (Å²) >= 11 is 0.